The molecule has 5 heteroatoms. The summed E-state index contributed by atoms with van der Waals surface area (Å²) in [6.45, 7) is 2.42. The summed E-state index contributed by atoms with van der Waals surface area (Å²) in [6, 6.07) is 17.6. The van der Waals surface area contributed by atoms with Gasteiger partial charge >= 0.3 is 0 Å². The van der Waals surface area contributed by atoms with Gasteiger partial charge in [-0.3, -0.25) is 9.59 Å². The average molecular weight is 387 g/mol. The predicted octanol–water partition coefficient (Wildman–Crippen LogP) is 3.98. The van der Waals surface area contributed by atoms with Crippen molar-refractivity contribution in [2.45, 2.75) is 38.1 Å². The lowest BCUT2D eigenvalue weighted by molar-refractivity contribution is -0.123. The minimum atomic E-state index is -0.336. The van der Waals surface area contributed by atoms with E-state index in [1.54, 1.807) is 0 Å². The second-order valence-corrected chi connectivity index (χ2v) is 7.31. The van der Waals surface area contributed by atoms with Crippen LogP contribution in [-0.4, -0.2) is 23.8 Å². The first-order valence-electron chi connectivity index (χ1n) is 9.21. The van der Waals surface area contributed by atoms with E-state index in [-0.39, 0.29) is 42.5 Å². The summed E-state index contributed by atoms with van der Waals surface area (Å²) in [5, 5.41) is 3.03. The van der Waals surface area contributed by atoms with Gasteiger partial charge in [-0.2, -0.15) is 0 Å². The number of hydrogen-bond acceptors (Lipinski definition) is 3. The molecule has 1 fully saturated rings. The number of nitrogens with one attached hydrogen (secondary N) is 1. The van der Waals surface area contributed by atoms with Gasteiger partial charge in [0.1, 0.15) is 0 Å². The van der Waals surface area contributed by atoms with Gasteiger partial charge in [-0.25, -0.2) is 0 Å². The number of halogens is 1. The van der Waals surface area contributed by atoms with E-state index in [4.69, 9.17) is 5.73 Å². The Morgan fingerprint density at radius 1 is 1.00 bits per heavy atom. The highest BCUT2D eigenvalue weighted by Crippen LogP contribution is 2.39. The SMILES string of the molecule is CC(CN)(NC(=O)CCC(=O)c1ccc(-c2ccccc2)cc1)C1CC1.Cl. The minimum Gasteiger partial charge on any atom is -0.349 e. The minimum absolute atomic E-state index is 0. The number of nitrogens with two attached hydrogens (primary N) is 1. The maximum absolute atomic E-state index is 12.4. The molecule has 1 saturated carbocycles. The molecule has 0 aromatic heterocycles. The molecule has 1 atom stereocenters. The summed E-state index contributed by atoms with van der Waals surface area (Å²) in [5.41, 5.74) is 8.32. The molecule has 1 aliphatic carbocycles. The maximum Gasteiger partial charge on any atom is 0.220 e. The van der Waals surface area contributed by atoms with Crippen molar-refractivity contribution in [1.29, 1.82) is 0 Å². The van der Waals surface area contributed by atoms with E-state index < -0.39 is 0 Å². The first kappa shape index (κ1) is 21.1. The highest BCUT2D eigenvalue weighted by Gasteiger charge is 2.41. The van der Waals surface area contributed by atoms with E-state index in [9.17, 15) is 9.59 Å². The summed E-state index contributed by atoms with van der Waals surface area (Å²) < 4.78 is 0. The van der Waals surface area contributed by atoms with Gasteiger partial charge in [0, 0.05) is 24.9 Å². The van der Waals surface area contributed by atoms with Crippen molar-refractivity contribution in [3.05, 3.63) is 60.2 Å². The molecule has 1 aliphatic rings. The van der Waals surface area contributed by atoms with Gasteiger partial charge in [0.25, 0.3) is 0 Å². The second-order valence-electron chi connectivity index (χ2n) is 7.31. The first-order chi connectivity index (χ1) is 12.5. The van der Waals surface area contributed by atoms with E-state index >= 15 is 0 Å². The Morgan fingerprint density at radius 3 is 2.15 bits per heavy atom. The van der Waals surface area contributed by atoms with Crippen molar-refractivity contribution < 1.29 is 9.59 Å². The Morgan fingerprint density at radius 2 is 1.59 bits per heavy atom. The van der Waals surface area contributed by atoms with E-state index in [0.717, 1.165) is 24.0 Å². The average Bonchev–Trinajstić information content (AvgIpc) is 3.53. The number of Topliss-reactive ketones (excluding diaryl/α,β-unsaturated/α-hetero) is 1. The molecule has 0 spiro atoms. The van der Waals surface area contributed by atoms with E-state index in [0.29, 0.717) is 18.0 Å². The number of carbonyl (C=O) groups is 2. The highest BCUT2D eigenvalue weighted by molar-refractivity contribution is 5.98. The van der Waals surface area contributed by atoms with Gasteiger partial charge in [0.05, 0.1) is 5.54 Å². The van der Waals surface area contributed by atoms with Crippen LogP contribution in [-0.2, 0) is 4.79 Å². The normalized spacial score (nSPS) is 15.3. The van der Waals surface area contributed by atoms with Gasteiger partial charge in [-0.15, -0.1) is 12.4 Å². The van der Waals surface area contributed by atoms with Crippen LogP contribution in [0.1, 0.15) is 43.0 Å². The molecular formula is C22H27ClN2O2. The number of amides is 1. The first-order valence-corrected chi connectivity index (χ1v) is 9.21. The molecule has 1 unspecified atom stereocenters. The molecule has 0 heterocycles. The Labute approximate surface area is 166 Å². The van der Waals surface area contributed by atoms with Crippen molar-refractivity contribution >= 4 is 24.1 Å². The van der Waals surface area contributed by atoms with E-state index in [1.807, 2.05) is 61.5 Å². The standard InChI is InChI=1S/C22H26N2O2.ClH/c1-22(15-23,19-11-12-19)24-21(26)14-13-20(25)18-9-7-17(8-10-18)16-5-3-2-4-6-16;/h2-10,19H,11-15,23H2,1H3,(H,24,26);1H. The Hall–Kier alpha value is -2.17. The van der Waals surface area contributed by atoms with Crippen LogP contribution in [0.15, 0.2) is 54.6 Å². The summed E-state index contributed by atoms with van der Waals surface area (Å²) in [6.07, 6.45) is 2.63. The number of hydrogen-bond donors (Lipinski definition) is 2. The second kappa shape index (κ2) is 9.16. The van der Waals surface area contributed by atoms with Crippen LogP contribution in [0.25, 0.3) is 11.1 Å². The smallest absolute Gasteiger partial charge is 0.220 e. The Bertz CT molecular complexity index is 773. The zero-order chi connectivity index (χ0) is 18.6. The van der Waals surface area contributed by atoms with Crippen LogP contribution >= 0.6 is 12.4 Å². The molecular weight excluding hydrogens is 360 g/mol. The van der Waals surface area contributed by atoms with Gasteiger partial charge in [-0.05, 0) is 36.8 Å². The summed E-state index contributed by atoms with van der Waals surface area (Å²) in [5.74, 6) is 0.359. The number of rotatable bonds is 8. The van der Waals surface area contributed by atoms with Gasteiger partial charge in [0.2, 0.25) is 5.91 Å². The van der Waals surface area contributed by atoms with Crippen molar-refractivity contribution in [2.24, 2.45) is 11.7 Å². The molecule has 3 N–H and O–H groups in total. The van der Waals surface area contributed by atoms with E-state index in [2.05, 4.69) is 5.32 Å². The van der Waals surface area contributed by atoms with Crippen LogP contribution in [0.4, 0.5) is 0 Å². The molecule has 27 heavy (non-hydrogen) atoms. The molecule has 4 nitrogen and oxygen atoms in total. The molecule has 2 aromatic carbocycles. The van der Waals surface area contributed by atoms with Crippen LogP contribution in [0.3, 0.4) is 0 Å². The van der Waals surface area contributed by atoms with Crippen molar-refractivity contribution in [3.8, 4) is 11.1 Å². The largest absolute Gasteiger partial charge is 0.349 e. The van der Waals surface area contributed by atoms with Gasteiger partial charge < -0.3 is 11.1 Å². The topological polar surface area (TPSA) is 72.2 Å². The number of carbonyl (C=O) groups excluding carboxylic acids is 2. The van der Waals surface area contributed by atoms with Gasteiger partial charge in [0.15, 0.2) is 5.78 Å². The third-order valence-electron chi connectivity index (χ3n) is 5.22. The van der Waals surface area contributed by atoms with Crippen LogP contribution in [0, 0.1) is 5.92 Å². The molecule has 1 amide bonds. The Kier molecular flexibility index (Phi) is 7.17. The van der Waals surface area contributed by atoms with Crippen LogP contribution < -0.4 is 11.1 Å². The van der Waals surface area contributed by atoms with E-state index in [1.165, 1.54) is 0 Å². The monoisotopic (exact) mass is 386 g/mol. The molecule has 3 rings (SSSR count). The summed E-state index contributed by atoms with van der Waals surface area (Å²) in [4.78, 5) is 24.6. The fourth-order valence-corrected chi connectivity index (χ4v) is 3.27. The number of benzene rings is 2. The lowest BCUT2D eigenvalue weighted by Crippen LogP contribution is -2.53. The number of ketones is 1. The fraction of sp³-hybridized carbons (Fsp3) is 0.364. The summed E-state index contributed by atoms with van der Waals surface area (Å²) >= 11 is 0. The lowest BCUT2D eigenvalue weighted by Gasteiger charge is -2.29. The highest BCUT2D eigenvalue weighted by atomic mass is 35.5. The molecule has 2 aromatic rings. The summed E-state index contributed by atoms with van der Waals surface area (Å²) in [7, 11) is 0. The lowest BCUT2D eigenvalue weighted by atomic mass is 9.95. The Balaban J connectivity index is 0.00000261. The maximum atomic E-state index is 12.4. The molecule has 0 radical (unpaired) electrons. The van der Waals surface area contributed by atoms with Gasteiger partial charge in [-0.1, -0.05) is 54.6 Å². The van der Waals surface area contributed by atoms with Crippen molar-refractivity contribution in [2.75, 3.05) is 6.54 Å². The van der Waals surface area contributed by atoms with Crippen molar-refractivity contribution in [3.63, 3.8) is 0 Å². The molecule has 0 bridgehead atoms. The molecule has 0 saturated heterocycles. The fourth-order valence-electron chi connectivity index (χ4n) is 3.27. The zero-order valence-electron chi connectivity index (χ0n) is 15.6. The third-order valence-corrected chi connectivity index (χ3v) is 5.22. The van der Waals surface area contributed by atoms with Crippen LogP contribution in [0.5, 0.6) is 0 Å². The predicted molar refractivity (Wildman–Crippen MR) is 111 cm³/mol. The van der Waals surface area contributed by atoms with Crippen molar-refractivity contribution in [1.82, 2.24) is 5.32 Å². The quantitative estimate of drug-likeness (QED) is 0.674. The van der Waals surface area contributed by atoms with Crippen LogP contribution in [0.2, 0.25) is 0 Å². The third kappa shape index (κ3) is 5.41. The molecule has 0 aliphatic heterocycles. The zero-order valence-corrected chi connectivity index (χ0v) is 16.4. The molecule has 144 valence electrons.